The molecule has 0 radical (unpaired) electrons. The molecule has 1 saturated heterocycles. The van der Waals surface area contributed by atoms with Crippen molar-refractivity contribution in [1.29, 1.82) is 0 Å². The van der Waals surface area contributed by atoms with Crippen LogP contribution in [0.1, 0.15) is 19.0 Å². The van der Waals surface area contributed by atoms with Crippen molar-refractivity contribution >= 4 is 11.7 Å². The first-order valence-electron chi connectivity index (χ1n) is 6.89. The maximum Gasteiger partial charge on any atom is 0.245 e. The van der Waals surface area contributed by atoms with Crippen molar-refractivity contribution < 1.29 is 9.53 Å². The minimum atomic E-state index is -0.353. The zero-order valence-electron chi connectivity index (χ0n) is 11.7. The minimum absolute atomic E-state index is 0.0312. The summed E-state index contributed by atoms with van der Waals surface area (Å²) in [7, 11) is 0. The van der Waals surface area contributed by atoms with E-state index in [-0.39, 0.29) is 11.9 Å². The maximum absolute atomic E-state index is 12.2. The molecule has 7 nitrogen and oxygen atoms in total. The average Bonchev–Trinajstić information content (AvgIpc) is 2.52. The molecule has 0 bridgehead atoms. The lowest BCUT2D eigenvalue weighted by Gasteiger charge is -2.35. The molecule has 0 aromatic carbocycles. The Labute approximate surface area is 118 Å². The summed E-state index contributed by atoms with van der Waals surface area (Å²) in [6.07, 6.45) is 4.21. The van der Waals surface area contributed by atoms with Crippen LogP contribution in [0.3, 0.4) is 0 Å². The predicted octanol–water partition coefficient (Wildman–Crippen LogP) is -0.333. The molecular formula is C13H21N5O2. The monoisotopic (exact) mass is 279 g/mol. The number of anilines is 1. The maximum atomic E-state index is 12.2. The van der Waals surface area contributed by atoms with Crippen LogP contribution in [0, 0.1) is 0 Å². The van der Waals surface area contributed by atoms with Crippen molar-refractivity contribution in [2.24, 2.45) is 5.73 Å². The van der Waals surface area contributed by atoms with Gasteiger partial charge in [-0.3, -0.25) is 9.78 Å². The Bertz CT molecular complexity index is 437. The van der Waals surface area contributed by atoms with Gasteiger partial charge in [0.25, 0.3) is 0 Å². The number of nitrogens with two attached hydrogens (primary N) is 1. The van der Waals surface area contributed by atoms with Gasteiger partial charge >= 0.3 is 0 Å². The molecule has 0 saturated carbocycles. The van der Waals surface area contributed by atoms with Gasteiger partial charge in [0.05, 0.1) is 31.3 Å². The molecule has 2 rings (SSSR count). The molecule has 20 heavy (non-hydrogen) atoms. The summed E-state index contributed by atoms with van der Waals surface area (Å²) in [6.45, 7) is 4.62. The van der Waals surface area contributed by atoms with Gasteiger partial charge in [0.2, 0.25) is 5.91 Å². The number of carbonyl (C=O) groups is 1. The smallest absolute Gasteiger partial charge is 0.245 e. The molecule has 1 aromatic rings. The van der Waals surface area contributed by atoms with Gasteiger partial charge in [-0.25, -0.2) is 4.98 Å². The van der Waals surface area contributed by atoms with Gasteiger partial charge in [0.15, 0.2) is 0 Å². The molecule has 1 amide bonds. The largest absolute Gasteiger partial charge is 0.377 e. The van der Waals surface area contributed by atoms with Gasteiger partial charge in [0, 0.05) is 19.6 Å². The zero-order valence-corrected chi connectivity index (χ0v) is 11.7. The van der Waals surface area contributed by atoms with Crippen molar-refractivity contribution in [1.82, 2.24) is 15.3 Å². The summed E-state index contributed by atoms with van der Waals surface area (Å²) < 4.78 is 5.41. The Balaban J connectivity index is 2.10. The summed E-state index contributed by atoms with van der Waals surface area (Å²) in [4.78, 5) is 22.7. The van der Waals surface area contributed by atoms with Gasteiger partial charge in [-0.05, 0) is 6.42 Å². The number of aromatic nitrogens is 2. The molecule has 1 aromatic heterocycles. The number of ether oxygens (including phenoxy) is 1. The van der Waals surface area contributed by atoms with Crippen molar-refractivity contribution in [2.75, 3.05) is 31.2 Å². The molecule has 2 heterocycles. The van der Waals surface area contributed by atoms with E-state index in [1.54, 1.807) is 12.4 Å². The fourth-order valence-corrected chi connectivity index (χ4v) is 2.06. The Morgan fingerprint density at radius 1 is 1.55 bits per heavy atom. The summed E-state index contributed by atoms with van der Waals surface area (Å²) in [5, 5.41) is 2.90. The molecule has 0 aliphatic carbocycles. The number of morpholine rings is 1. The number of hydrogen-bond donors (Lipinski definition) is 2. The highest BCUT2D eigenvalue weighted by Gasteiger charge is 2.30. The van der Waals surface area contributed by atoms with E-state index in [0.717, 1.165) is 12.1 Å². The van der Waals surface area contributed by atoms with Crippen LogP contribution in [0.25, 0.3) is 0 Å². The summed E-state index contributed by atoms with van der Waals surface area (Å²) in [5.41, 5.74) is 6.24. The van der Waals surface area contributed by atoms with E-state index in [0.29, 0.717) is 38.7 Å². The third kappa shape index (κ3) is 3.43. The second-order valence-corrected chi connectivity index (χ2v) is 4.65. The van der Waals surface area contributed by atoms with Gasteiger partial charge in [0.1, 0.15) is 11.9 Å². The van der Waals surface area contributed by atoms with Crippen LogP contribution in [0.2, 0.25) is 0 Å². The average molecular weight is 279 g/mol. The second kappa shape index (κ2) is 7.16. The van der Waals surface area contributed by atoms with Crippen LogP contribution in [-0.2, 0) is 16.1 Å². The Morgan fingerprint density at radius 3 is 3.05 bits per heavy atom. The number of nitrogens with one attached hydrogen (secondary N) is 1. The van der Waals surface area contributed by atoms with Crippen LogP contribution >= 0.6 is 0 Å². The number of amides is 1. The van der Waals surface area contributed by atoms with Gasteiger partial charge < -0.3 is 20.7 Å². The lowest BCUT2D eigenvalue weighted by Crippen LogP contribution is -2.54. The normalized spacial score (nSPS) is 18.9. The molecule has 1 atom stereocenters. The highest BCUT2D eigenvalue weighted by molar-refractivity contribution is 5.85. The third-order valence-corrected chi connectivity index (χ3v) is 3.18. The molecule has 1 fully saturated rings. The first-order chi connectivity index (χ1) is 9.76. The van der Waals surface area contributed by atoms with Crippen LogP contribution < -0.4 is 16.0 Å². The van der Waals surface area contributed by atoms with Gasteiger partial charge in [-0.1, -0.05) is 6.92 Å². The lowest BCUT2D eigenvalue weighted by atomic mass is 10.2. The first kappa shape index (κ1) is 14.7. The SMILES string of the molecule is CCCNC(=O)C1COCCN1c1cnc(CN)cn1. The molecule has 1 aliphatic rings. The van der Waals surface area contributed by atoms with Crippen molar-refractivity contribution in [3.05, 3.63) is 18.1 Å². The molecule has 1 aliphatic heterocycles. The number of rotatable bonds is 5. The number of nitrogens with zero attached hydrogens (tertiary/aromatic N) is 3. The fraction of sp³-hybridized carbons (Fsp3) is 0.615. The van der Waals surface area contributed by atoms with Crippen LogP contribution in [0.4, 0.5) is 5.82 Å². The predicted molar refractivity (Wildman–Crippen MR) is 75.2 cm³/mol. The molecule has 1 unspecified atom stereocenters. The van der Waals surface area contributed by atoms with E-state index in [9.17, 15) is 4.79 Å². The van der Waals surface area contributed by atoms with E-state index in [1.165, 1.54) is 0 Å². The quantitative estimate of drug-likeness (QED) is 0.766. The van der Waals surface area contributed by atoms with Crippen molar-refractivity contribution in [3.8, 4) is 0 Å². The summed E-state index contributed by atoms with van der Waals surface area (Å²) >= 11 is 0. The van der Waals surface area contributed by atoms with Crippen LogP contribution in [-0.4, -0.2) is 48.2 Å². The molecule has 7 heteroatoms. The lowest BCUT2D eigenvalue weighted by molar-refractivity contribution is -0.124. The Morgan fingerprint density at radius 2 is 2.40 bits per heavy atom. The van der Waals surface area contributed by atoms with Crippen molar-refractivity contribution in [3.63, 3.8) is 0 Å². The molecule has 0 spiro atoms. The summed E-state index contributed by atoms with van der Waals surface area (Å²) in [5.74, 6) is 0.651. The van der Waals surface area contributed by atoms with Gasteiger partial charge in [-0.2, -0.15) is 0 Å². The standard InChI is InChI=1S/C13H21N5O2/c1-2-3-15-13(19)11-9-20-5-4-18(11)12-8-16-10(6-14)7-17-12/h7-8,11H,2-6,9,14H2,1H3,(H,15,19). The van der Waals surface area contributed by atoms with Gasteiger partial charge in [-0.15, -0.1) is 0 Å². The second-order valence-electron chi connectivity index (χ2n) is 4.65. The van der Waals surface area contributed by atoms with E-state index in [4.69, 9.17) is 10.5 Å². The van der Waals surface area contributed by atoms with Crippen molar-refractivity contribution in [2.45, 2.75) is 25.9 Å². The third-order valence-electron chi connectivity index (χ3n) is 3.18. The van der Waals surface area contributed by atoms with E-state index in [2.05, 4.69) is 15.3 Å². The highest BCUT2D eigenvalue weighted by atomic mass is 16.5. The first-order valence-corrected chi connectivity index (χ1v) is 6.89. The van der Waals surface area contributed by atoms with E-state index >= 15 is 0 Å². The molecule has 110 valence electrons. The highest BCUT2D eigenvalue weighted by Crippen LogP contribution is 2.16. The summed E-state index contributed by atoms with van der Waals surface area (Å²) in [6, 6.07) is -0.353. The zero-order chi connectivity index (χ0) is 14.4. The topological polar surface area (TPSA) is 93.4 Å². The number of hydrogen-bond acceptors (Lipinski definition) is 6. The molecular weight excluding hydrogens is 258 g/mol. The number of carbonyl (C=O) groups excluding carboxylic acids is 1. The Kier molecular flexibility index (Phi) is 5.25. The van der Waals surface area contributed by atoms with E-state index < -0.39 is 0 Å². The van der Waals surface area contributed by atoms with Crippen LogP contribution in [0.15, 0.2) is 12.4 Å². The van der Waals surface area contributed by atoms with E-state index in [1.807, 2.05) is 11.8 Å². The van der Waals surface area contributed by atoms with Crippen LogP contribution in [0.5, 0.6) is 0 Å². The minimum Gasteiger partial charge on any atom is -0.377 e. The molecule has 3 N–H and O–H groups in total. The fourth-order valence-electron chi connectivity index (χ4n) is 2.06. The Hall–Kier alpha value is -1.73.